The number of nitrogens with one attached hydrogen (secondary N) is 1. The van der Waals surface area contributed by atoms with Crippen molar-refractivity contribution < 1.29 is 0 Å². The Balaban J connectivity index is 1.99. The number of hydrogen-bond acceptors (Lipinski definition) is 2. The van der Waals surface area contributed by atoms with Crippen LogP contribution in [-0.4, -0.2) is 15.6 Å². The summed E-state index contributed by atoms with van der Waals surface area (Å²) in [7, 11) is 0. The van der Waals surface area contributed by atoms with E-state index in [1.807, 2.05) is 6.33 Å². The molecule has 2 atom stereocenters. The molecule has 1 N–H and O–H groups in total. The van der Waals surface area contributed by atoms with Gasteiger partial charge >= 0.3 is 0 Å². The van der Waals surface area contributed by atoms with Crippen molar-refractivity contribution in [2.45, 2.75) is 71.5 Å². The topological polar surface area (TPSA) is 29.9 Å². The zero-order chi connectivity index (χ0) is 13.0. The standard InChI is InChI=1S/C15H27N3/c1-12(2)16-9-14-10-18(11-17-14)15-8-6-4-5-7-13(15)3/h10-13,15-16H,4-9H2,1-3H3. The van der Waals surface area contributed by atoms with Crippen LogP contribution in [0.1, 0.15) is 64.6 Å². The molecule has 0 bridgehead atoms. The second-order valence-corrected chi connectivity index (χ2v) is 6.03. The number of rotatable bonds is 4. The highest BCUT2D eigenvalue weighted by molar-refractivity contribution is 4.99. The molecule has 1 saturated carbocycles. The molecular formula is C15H27N3. The second kappa shape index (κ2) is 6.37. The van der Waals surface area contributed by atoms with E-state index in [2.05, 4.69) is 41.8 Å². The molecule has 2 unspecified atom stereocenters. The molecule has 1 heterocycles. The van der Waals surface area contributed by atoms with E-state index in [0.29, 0.717) is 12.1 Å². The molecule has 0 aromatic carbocycles. The summed E-state index contributed by atoms with van der Waals surface area (Å²) in [6, 6.07) is 1.18. The zero-order valence-corrected chi connectivity index (χ0v) is 12.0. The Kier molecular flexibility index (Phi) is 4.81. The van der Waals surface area contributed by atoms with E-state index < -0.39 is 0 Å². The van der Waals surface area contributed by atoms with Crippen LogP contribution in [0.15, 0.2) is 12.5 Å². The Hall–Kier alpha value is -0.830. The van der Waals surface area contributed by atoms with Gasteiger partial charge in [-0.05, 0) is 18.8 Å². The molecule has 1 aliphatic carbocycles. The first-order valence-corrected chi connectivity index (χ1v) is 7.42. The molecule has 102 valence electrons. The van der Waals surface area contributed by atoms with Crippen molar-refractivity contribution in [3.63, 3.8) is 0 Å². The summed E-state index contributed by atoms with van der Waals surface area (Å²) < 4.78 is 2.35. The molecule has 0 amide bonds. The first-order chi connectivity index (χ1) is 8.66. The lowest BCUT2D eigenvalue weighted by molar-refractivity contribution is 0.333. The summed E-state index contributed by atoms with van der Waals surface area (Å²) in [5.41, 5.74) is 1.17. The van der Waals surface area contributed by atoms with Crippen LogP contribution in [0.3, 0.4) is 0 Å². The Morgan fingerprint density at radius 1 is 1.33 bits per heavy atom. The maximum absolute atomic E-state index is 4.53. The van der Waals surface area contributed by atoms with Crippen LogP contribution in [-0.2, 0) is 6.54 Å². The highest BCUT2D eigenvalue weighted by Crippen LogP contribution is 2.32. The lowest BCUT2D eigenvalue weighted by atomic mass is 9.97. The molecule has 2 rings (SSSR count). The maximum Gasteiger partial charge on any atom is 0.0952 e. The van der Waals surface area contributed by atoms with E-state index in [4.69, 9.17) is 0 Å². The van der Waals surface area contributed by atoms with Gasteiger partial charge in [0.05, 0.1) is 12.0 Å². The average Bonchev–Trinajstić information content (AvgIpc) is 2.69. The van der Waals surface area contributed by atoms with E-state index in [1.165, 1.54) is 37.8 Å². The van der Waals surface area contributed by atoms with E-state index in [9.17, 15) is 0 Å². The quantitative estimate of drug-likeness (QED) is 0.827. The minimum absolute atomic E-state index is 0.520. The Labute approximate surface area is 111 Å². The summed E-state index contributed by atoms with van der Waals surface area (Å²) in [5.74, 6) is 0.785. The lowest BCUT2D eigenvalue weighted by Crippen LogP contribution is -2.22. The van der Waals surface area contributed by atoms with Crippen LogP contribution in [0.4, 0.5) is 0 Å². The van der Waals surface area contributed by atoms with E-state index in [0.717, 1.165) is 12.5 Å². The summed E-state index contributed by atoms with van der Waals surface area (Å²) in [6.45, 7) is 7.61. The molecule has 0 aliphatic heterocycles. The van der Waals surface area contributed by atoms with Crippen molar-refractivity contribution in [1.29, 1.82) is 0 Å². The normalized spacial score (nSPS) is 25.3. The van der Waals surface area contributed by atoms with Crippen molar-refractivity contribution in [3.05, 3.63) is 18.2 Å². The second-order valence-electron chi connectivity index (χ2n) is 6.03. The smallest absolute Gasteiger partial charge is 0.0952 e. The van der Waals surface area contributed by atoms with E-state index >= 15 is 0 Å². The summed E-state index contributed by atoms with van der Waals surface area (Å²) in [6.07, 6.45) is 11.1. The third kappa shape index (κ3) is 3.58. The van der Waals surface area contributed by atoms with Gasteiger partial charge in [0.25, 0.3) is 0 Å². The van der Waals surface area contributed by atoms with Gasteiger partial charge in [0.1, 0.15) is 0 Å². The van der Waals surface area contributed by atoms with Gasteiger partial charge in [-0.3, -0.25) is 0 Å². The first kappa shape index (κ1) is 13.6. The third-order valence-electron chi connectivity index (χ3n) is 4.05. The van der Waals surface area contributed by atoms with Gasteiger partial charge in [0.2, 0.25) is 0 Å². The van der Waals surface area contributed by atoms with Crippen molar-refractivity contribution in [2.24, 2.45) is 5.92 Å². The van der Waals surface area contributed by atoms with E-state index in [1.54, 1.807) is 0 Å². The minimum atomic E-state index is 0.520. The molecule has 0 spiro atoms. The predicted molar refractivity (Wildman–Crippen MR) is 75.5 cm³/mol. The van der Waals surface area contributed by atoms with Crippen LogP contribution in [0, 0.1) is 5.92 Å². The molecule has 0 radical (unpaired) electrons. The fourth-order valence-corrected chi connectivity index (χ4v) is 2.88. The molecule has 3 heteroatoms. The minimum Gasteiger partial charge on any atom is -0.334 e. The van der Waals surface area contributed by atoms with E-state index in [-0.39, 0.29) is 0 Å². The Morgan fingerprint density at radius 3 is 2.89 bits per heavy atom. The number of imidazole rings is 1. The van der Waals surface area contributed by atoms with Gasteiger partial charge < -0.3 is 9.88 Å². The molecular weight excluding hydrogens is 222 g/mol. The lowest BCUT2D eigenvalue weighted by Gasteiger charge is -2.22. The van der Waals surface area contributed by atoms with Crippen LogP contribution < -0.4 is 5.32 Å². The molecule has 1 aliphatic rings. The summed E-state index contributed by atoms with van der Waals surface area (Å²) in [4.78, 5) is 4.53. The summed E-state index contributed by atoms with van der Waals surface area (Å²) in [5, 5.41) is 3.43. The number of aromatic nitrogens is 2. The predicted octanol–water partition coefficient (Wildman–Crippen LogP) is 3.52. The van der Waals surface area contributed by atoms with Crippen molar-refractivity contribution in [1.82, 2.24) is 14.9 Å². The fraction of sp³-hybridized carbons (Fsp3) is 0.800. The third-order valence-corrected chi connectivity index (χ3v) is 4.05. The molecule has 3 nitrogen and oxygen atoms in total. The average molecular weight is 249 g/mol. The van der Waals surface area contributed by atoms with Gasteiger partial charge in [-0.1, -0.05) is 40.0 Å². The van der Waals surface area contributed by atoms with Gasteiger partial charge in [-0.2, -0.15) is 0 Å². The Bertz CT molecular complexity index is 356. The number of hydrogen-bond donors (Lipinski definition) is 1. The van der Waals surface area contributed by atoms with Gasteiger partial charge in [-0.15, -0.1) is 0 Å². The number of nitrogens with zero attached hydrogens (tertiary/aromatic N) is 2. The van der Waals surface area contributed by atoms with Gasteiger partial charge in [0.15, 0.2) is 0 Å². The molecule has 1 fully saturated rings. The largest absolute Gasteiger partial charge is 0.334 e. The van der Waals surface area contributed by atoms with Gasteiger partial charge in [0, 0.05) is 24.8 Å². The van der Waals surface area contributed by atoms with Crippen molar-refractivity contribution in [3.8, 4) is 0 Å². The van der Waals surface area contributed by atoms with Crippen molar-refractivity contribution in [2.75, 3.05) is 0 Å². The van der Waals surface area contributed by atoms with Crippen LogP contribution in [0.25, 0.3) is 0 Å². The first-order valence-electron chi connectivity index (χ1n) is 7.42. The maximum atomic E-state index is 4.53. The fourth-order valence-electron chi connectivity index (χ4n) is 2.88. The summed E-state index contributed by atoms with van der Waals surface area (Å²) >= 11 is 0. The monoisotopic (exact) mass is 249 g/mol. The van der Waals surface area contributed by atoms with Crippen LogP contribution >= 0.6 is 0 Å². The highest BCUT2D eigenvalue weighted by Gasteiger charge is 2.21. The molecule has 0 saturated heterocycles. The Morgan fingerprint density at radius 2 is 2.11 bits per heavy atom. The van der Waals surface area contributed by atoms with Crippen molar-refractivity contribution >= 4 is 0 Å². The molecule has 1 aromatic heterocycles. The molecule has 1 aromatic rings. The SMILES string of the molecule is CC(C)NCc1cn(C2CCCCCC2C)cn1. The highest BCUT2D eigenvalue weighted by atomic mass is 15.1. The molecule has 18 heavy (non-hydrogen) atoms. The zero-order valence-electron chi connectivity index (χ0n) is 12.0. The van der Waals surface area contributed by atoms with Crippen LogP contribution in [0.5, 0.6) is 0 Å². The van der Waals surface area contributed by atoms with Crippen LogP contribution in [0.2, 0.25) is 0 Å². The van der Waals surface area contributed by atoms with Gasteiger partial charge in [-0.25, -0.2) is 4.98 Å².